The maximum atomic E-state index is 13.4. The van der Waals surface area contributed by atoms with Gasteiger partial charge in [0, 0.05) is 10.9 Å². The zero-order valence-electron chi connectivity index (χ0n) is 17.9. The van der Waals surface area contributed by atoms with E-state index >= 15 is 0 Å². The number of amides is 1. The lowest BCUT2D eigenvalue weighted by Crippen LogP contribution is -2.17. The van der Waals surface area contributed by atoms with Crippen molar-refractivity contribution < 1.29 is 22.4 Å². The van der Waals surface area contributed by atoms with Crippen LogP contribution in [0.5, 0.6) is 0 Å². The zero-order chi connectivity index (χ0) is 24.6. The first-order valence-corrected chi connectivity index (χ1v) is 10.9. The van der Waals surface area contributed by atoms with Gasteiger partial charge in [-0.05, 0) is 48.5 Å². The molecule has 1 amide bonds. The molecule has 0 spiro atoms. The van der Waals surface area contributed by atoms with Gasteiger partial charge in [0.15, 0.2) is 5.76 Å². The molecule has 8 heteroatoms. The van der Waals surface area contributed by atoms with Crippen LogP contribution in [0.1, 0.15) is 15.9 Å². The fourth-order valence-corrected chi connectivity index (χ4v) is 4.03. The Balaban J connectivity index is 1.57. The van der Waals surface area contributed by atoms with Gasteiger partial charge in [-0.25, -0.2) is 4.98 Å². The lowest BCUT2D eigenvalue weighted by Gasteiger charge is -2.14. The Bertz CT molecular complexity index is 1560. The molecule has 174 valence electrons. The molecule has 2 heterocycles. The van der Waals surface area contributed by atoms with Crippen LogP contribution in [0, 0.1) is 0 Å². The summed E-state index contributed by atoms with van der Waals surface area (Å²) in [5.74, 6) is 0.209. The molecule has 0 saturated carbocycles. The number of rotatable bonds is 4. The number of pyridine rings is 1. The number of fused-ring (bicyclic) bond motifs is 1. The maximum absolute atomic E-state index is 13.4. The first-order chi connectivity index (χ1) is 16.8. The second kappa shape index (κ2) is 8.92. The van der Waals surface area contributed by atoms with Crippen molar-refractivity contribution in [1.29, 1.82) is 0 Å². The summed E-state index contributed by atoms with van der Waals surface area (Å²) in [6.45, 7) is 0. The third-order valence-electron chi connectivity index (χ3n) is 5.44. The Morgan fingerprint density at radius 1 is 0.857 bits per heavy atom. The number of carbonyl (C=O) groups is 1. The highest BCUT2D eigenvalue weighted by Crippen LogP contribution is 2.36. The maximum Gasteiger partial charge on any atom is 0.418 e. The normalized spacial score (nSPS) is 11.5. The minimum Gasteiger partial charge on any atom is -0.454 e. The number of carbonyl (C=O) groups excluding carboxylic acids is 1. The van der Waals surface area contributed by atoms with E-state index in [1.54, 1.807) is 42.5 Å². The number of nitrogens with zero attached hydrogens (tertiary/aromatic N) is 1. The second-order valence-corrected chi connectivity index (χ2v) is 8.12. The lowest BCUT2D eigenvalue weighted by atomic mass is 10.1. The third-order valence-corrected chi connectivity index (χ3v) is 5.77. The van der Waals surface area contributed by atoms with Crippen molar-refractivity contribution in [1.82, 2.24) is 4.98 Å². The summed E-state index contributed by atoms with van der Waals surface area (Å²) < 4.78 is 46.3. The van der Waals surface area contributed by atoms with Gasteiger partial charge < -0.3 is 9.73 Å². The Morgan fingerprint density at radius 3 is 2.34 bits per heavy atom. The number of halogens is 4. The van der Waals surface area contributed by atoms with Crippen LogP contribution in [-0.2, 0) is 6.18 Å². The van der Waals surface area contributed by atoms with E-state index in [0.717, 1.165) is 6.07 Å². The number of benzene rings is 3. The Hall–Kier alpha value is -4.10. The van der Waals surface area contributed by atoms with E-state index in [0.29, 0.717) is 38.7 Å². The molecule has 0 radical (unpaired) electrons. The van der Waals surface area contributed by atoms with Crippen LogP contribution >= 0.6 is 11.6 Å². The van der Waals surface area contributed by atoms with E-state index < -0.39 is 17.6 Å². The summed E-state index contributed by atoms with van der Waals surface area (Å²) in [5.41, 5.74) is 0.459. The highest BCUT2D eigenvalue weighted by molar-refractivity contribution is 6.33. The van der Waals surface area contributed by atoms with E-state index in [-0.39, 0.29) is 11.3 Å². The molecule has 0 atom stereocenters. The summed E-state index contributed by atoms with van der Waals surface area (Å²) in [7, 11) is 0. The molecule has 0 bridgehead atoms. The number of hydrogen-bond donors (Lipinski definition) is 1. The van der Waals surface area contributed by atoms with Gasteiger partial charge in [-0.2, -0.15) is 13.2 Å². The lowest BCUT2D eigenvalue weighted by molar-refractivity contribution is -0.136. The molecule has 35 heavy (non-hydrogen) atoms. The van der Waals surface area contributed by atoms with Crippen molar-refractivity contribution in [3.63, 3.8) is 0 Å². The van der Waals surface area contributed by atoms with Crippen LogP contribution in [-0.4, -0.2) is 10.9 Å². The third kappa shape index (κ3) is 4.50. The van der Waals surface area contributed by atoms with Crippen LogP contribution in [0.3, 0.4) is 0 Å². The van der Waals surface area contributed by atoms with Crippen molar-refractivity contribution in [3.8, 4) is 22.8 Å². The number of nitrogens with one attached hydrogen (secondary N) is 1. The molecular weight excluding hydrogens is 477 g/mol. The summed E-state index contributed by atoms with van der Waals surface area (Å²) in [5, 5.41) is 3.42. The number of para-hydroxylation sites is 2. The molecule has 0 saturated heterocycles. The van der Waals surface area contributed by atoms with Crippen molar-refractivity contribution in [2.75, 3.05) is 5.32 Å². The molecule has 5 rings (SSSR count). The van der Waals surface area contributed by atoms with Gasteiger partial charge in [-0.1, -0.05) is 54.1 Å². The molecule has 2 aromatic heterocycles. The molecule has 0 aliphatic heterocycles. The van der Waals surface area contributed by atoms with Crippen LogP contribution in [0.2, 0.25) is 5.02 Å². The summed E-state index contributed by atoms with van der Waals surface area (Å²) in [6.07, 6.45) is -4.61. The Morgan fingerprint density at radius 2 is 1.54 bits per heavy atom. The van der Waals surface area contributed by atoms with Crippen LogP contribution in [0.4, 0.5) is 18.9 Å². The molecule has 1 N–H and O–H groups in total. The quantitative estimate of drug-likeness (QED) is 0.276. The van der Waals surface area contributed by atoms with E-state index in [1.807, 2.05) is 18.2 Å². The highest BCUT2D eigenvalue weighted by Gasteiger charge is 2.33. The predicted octanol–water partition coefficient (Wildman–Crippen LogP) is 8.09. The number of anilines is 1. The Kier molecular flexibility index (Phi) is 5.78. The molecule has 5 aromatic rings. The number of aromatic nitrogens is 1. The molecule has 0 aliphatic rings. The molecule has 0 fully saturated rings. The van der Waals surface area contributed by atoms with Crippen LogP contribution in [0.15, 0.2) is 95.4 Å². The second-order valence-electron chi connectivity index (χ2n) is 7.71. The van der Waals surface area contributed by atoms with E-state index in [1.165, 1.54) is 24.3 Å². The van der Waals surface area contributed by atoms with Crippen molar-refractivity contribution in [2.45, 2.75) is 6.18 Å². The largest absolute Gasteiger partial charge is 0.454 e. The van der Waals surface area contributed by atoms with Crippen LogP contribution in [0.25, 0.3) is 33.7 Å². The van der Waals surface area contributed by atoms with E-state index in [9.17, 15) is 18.0 Å². The van der Waals surface area contributed by atoms with Crippen molar-refractivity contribution in [2.24, 2.45) is 0 Å². The van der Waals surface area contributed by atoms with Crippen molar-refractivity contribution in [3.05, 3.63) is 107 Å². The van der Waals surface area contributed by atoms with Gasteiger partial charge in [0.1, 0.15) is 11.5 Å². The molecule has 0 unspecified atom stereocenters. The molecule has 4 nitrogen and oxygen atoms in total. The minimum absolute atomic E-state index is 0.165. The van der Waals surface area contributed by atoms with Gasteiger partial charge in [-0.15, -0.1) is 0 Å². The standard InChI is InChI=1S/C27H16ClF3N2O2/c28-20-10-4-1-8-17(20)24-13-14-25(35-24)23-15-18(16-7-2-5-11-21(16)32-23)26(34)33-22-12-6-3-9-19(22)27(29,30)31/h1-15H,(H,33,34). The number of furan rings is 1. The van der Waals surface area contributed by atoms with Gasteiger partial charge in [0.25, 0.3) is 5.91 Å². The van der Waals surface area contributed by atoms with Gasteiger partial charge >= 0.3 is 6.18 Å². The minimum atomic E-state index is -4.61. The Labute approximate surface area is 203 Å². The zero-order valence-corrected chi connectivity index (χ0v) is 18.7. The monoisotopic (exact) mass is 492 g/mol. The molecule has 0 aliphatic carbocycles. The van der Waals surface area contributed by atoms with E-state index in [2.05, 4.69) is 10.3 Å². The first-order valence-electron chi connectivity index (χ1n) is 10.5. The highest BCUT2D eigenvalue weighted by atomic mass is 35.5. The fraction of sp³-hybridized carbons (Fsp3) is 0.0370. The molecular formula is C27H16ClF3N2O2. The van der Waals surface area contributed by atoms with Gasteiger partial charge in [0.2, 0.25) is 0 Å². The smallest absolute Gasteiger partial charge is 0.418 e. The summed E-state index contributed by atoms with van der Waals surface area (Å²) in [6, 6.07) is 23.9. The first kappa shape index (κ1) is 22.7. The van der Waals surface area contributed by atoms with E-state index in [4.69, 9.17) is 16.0 Å². The van der Waals surface area contributed by atoms with Gasteiger partial charge in [-0.3, -0.25) is 4.79 Å². The van der Waals surface area contributed by atoms with Crippen LogP contribution < -0.4 is 5.32 Å². The number of hydrogen-bond acceptors (Lipinski definition) is 3. The fourth-order valence-electron chi connectivity index (χ4n) is 3.80. The topological polar surface area (TPSA) is 55.1 Å². The summed E-state index contributed by atoms with van der Waals surface area (Å²) >= 11 is 6.27. The molecule has 3 aromatic carbocycles. The summed E-state index contributed by atoms with van der Waals surface area (Å²) in [4.78, 5) is 17.8. The average Bonchev–Trinajstić information content (AvgIpc) is 3.33. The average molecular weight is 493 g/mol. The van der Waals surface area contributed by atoms with Gasteiger partial charge in [0.05, 0.1) is 27.4 Å². The number of alkyl halides is 3. The predicted molar refractivity (Wildman–Crippen MR) is 129 cm³/mol. The SMILES string of the molecule is O=C(Nc1ccccc1C(F)(F)F)c1cc(-c2ccc(-c3ccccc3Cl)o2)nc2ccccc12. The van der Waals surface area contributed by atoms with Crippen molar-refractivity contribution >= 4 is 34.1 Å².